The number of aryl methyl sites for hydroxylation is 1. The molecule has 0 saturated carbocycles. The Morgan fingerprint density at radius 3 is 2.40 bits per heavy atom. The smallest absolute Gasteiger partial charge is 0.252 e. The van der Waals surface area contributed by atoms with Crippen LogP contribution in [0.2, 0.25) is 5.02 Å². The first kappa shape index (κ1) is 19.0. The van der Waals surface area contributed by atoms with E-state index in [9.17, 15) is 9.59 Å². The van der Waals surface area contributed by atoms with Gasteiger partial charge in [0, 0.05) is 13.0 Å². The average Bonchev–Trinajstić information content (AvgIpc) is 2.61. The normalized spacial score (nSPS) is 11.6. The number of amides is 2. The molecule has 0 radical (unpaired) electrons. The molecule has 0 unspecified atom stereocenters. The molecule has 0 aliphatic heterocycles. The first-order valence-electron chi connectivity index (χ1n) is 8.40. The van der Waals surface area contributed by atoms with Crippen molar-refractivity contribution in [1.29, 1.82) is 0 Å². The van der Waals surface area contributed by atoms with Crippen molar-refractivity contribution < 1.29 is 9.59 Å². The van der Waals surface area contributed by atoms with Gasteiger partial charge in [0.2, 0.25) is 5.91 Å². The Balaban J connectivity index is 1.82. The van der Waals surface area contributed by atoms with Crippen molar-refractivity contribution in [2.75, 3.05) is 6.54 Å². The summed E-state index contributed by atoms with van der Waals surface area (Å²) in [5.41, 5.74) is 2.68. The van der Waals surface area contributed by atoms with Gasteiger partial charge in [0.1, 0.15) is 0 Å². The third-order valence-corrected chi connectivity index (χ3v) is 4.31. The van der Waals surface area contributed by atoms with E-state index in [1.807, 2.05) is 38.1 Å². The summed E-state index contributed by atoms with van der Waals surface area (Å²) in [4.78, 5) is 24.2. The van der Waals surface area contributed by atoms with Crippen LogP contribution in [-0.4, -0.2) is 18.4 Å². The minimum absolute atomic E-state index is 0.0210. The summed E-state index contributed by atoms with van der Waals surface area (Å²) in [6, 6.07) is 14.9. The molecule has 25 heavy (non-hydrogen) atoms. The second-order valence-corrected chi connectivity index (χ2v) is 6.33. The molecule has 0 spiro atoms. The van der Waals surface area contributed by atoms with E-state index in [-0.39, 0.29) is 30.8 Å². The van der Waals surface area contributed by atoms with Crippen LogP contribution in [0.1, 0.15) is 47.3 Å². The minimum atomic E-state index is -0.274. The Bertz CT molecular complexity index is 729. The largest absolute Gasteiger partial charge is 0.351 e. The number of carbonyl (C=O) groups is 2. The molecular formula is C20H23ClN2O2. The lowest BCUT2D eigenvalue weighted by Gasteiger charge is -2.18. The fourth-order valence-corrected chi connectivity index (χ4v) is 2.74. The first-order valence-corrected chi connectivity index (χ1v) is 8.77. The minimum Gasteiger partial charge on any atom is -0.351 e. The Labute approximate surface area is 153 Å². The van der Waals surface area contributed by atoms with E-state index in [0.29, 0.717) is 10.6 Å². The topological polar surface area (TPSA) is 58.2 Å². The number of rotatable bonds is 7. The highest BCUT2D eigenvalue weighted by Crippen LogP contribution is 2.17. The van der Waals surface area contributed by atoms with Gasteiger partial charge < -0.3 is 10.6 Å². The fraction of sp³-hybridized carbons (Fsp3) is 0.300. The number of carbonyl (C=O) groups excluding carboxylic acids is 2. The van der Waals surface area contributed by atoms with Crippen molar-refractivity contribution in [2.45, 2.75) is 32.7 Å². The molecule has 2 rings (SSSR count). The van der Waals surface area contributed by atoms with E-state index in [4.69, 9.17) is 11.6 Å². The van der Waals surface area contributed by atoms with E-state index in [2.05, 4.69) is 10.6 Å². The molecule has 1 atom stereocenters. The van der Waals surface area contributed by atoms with Crippen molar-refractivity contribution >= 4 is 23.4 Å². The van der Waals surface area contributed by atoms with Crippen molar-refractivity contribution in [3.63, 3.8) is 0 Å². The van der Waals surface area contributed by atoms with E-state index in [0.717, 1.165) is 12.0 Å². The number of hydrogen-bond donors (Lipinski definition) is 2. The molecule has 5 heteroatoms. The lowest BCUT2D eigenvalue weighted by atomic mass is 10.0. The molecule has 0 aromatic heterocycles. The Morgan fingerprint density at radius 1 is 1.08 bits per heavy atom. The summed E-state index contributed by atoms with van der Waals surface area (Å²) in [5, 5.41) is 6.13. The van der Waals surface area contributed by atoms with Gasteiger partial charge in [-0.05, 0) is 31.0 Å². The van der Waals surface area contributed by atoms with Crippen LogP contribution in [-0.2, 0) is 4.79 Å². The van der Waals surface area contributed by atoms with Crippen LogP contribution in [0.3, 0.4) is 0 Å². The fourth-order valence-electron chi connectivity index (χ4n) is 2.52. The molecule has 0 saturated heterocycles. The van der Waals surface area contributed by atoms with Crippen LogP contribution in [0.25, 0.3) is 0 Å². The Morgan fingerprint density at radius 2 is 1.76 bits per heavy atom. The molecule has 0 bridgehead atoms. The molecule has 0 heterocycles. The van der Waals surface area contributed by atoms with Crippen LogP contribution in [0, 0.1) is 6.92 Å². The van der Waals surface area contributed by atoms with Gasteiger partial charge >= 0.3 is 0 Å². The van der Waals surface area contributed by atoms with Crippen LogP contribution in [0.5, 0.6) is 0 Å². The summed E-state index contributed by atoms with van der Waals surface area (Å²) >= 11 is 5.99. The second kappa shape index (κ2) is 9.23. The van der Waals surface area contributed by atoms with Gasteiger partial charge in [-0.25, -0.2) is 0 Å². The maximum atomic E-state index is 12.1. The van der Waals surface area contributed by atoms with Gasteiger partial charge in [-0.15, -0.1) is 0 Å². The lowest BCUT2D eigenvalue weighted by Crippen LogP contribution is -2.32. The third-order valence-electron chi connectivity index (χ3n) is 3.98. The zero-order valence-corrected chi connectivity index (χ0v) is 15.3. The van der Waals surface area contributed by atoms with Crippen molar-refractivity contribution in [1.82, 2.24) is 10.6 Å². The van der Waals surface area contributed by atoms with Crippen LogP contribution >= 0.6 is 11.6 Å². The van der Waals surface area contributed by atoms with Crippen LogP contribution in [0.15, 0.2) is 48.5 Å². The Hall–Kier alpha value is -2.33. The highest BCUT2D eigenvalue weighted by molar-refractivity contribution is 6.33. The molecule has 2 aromatic rings. The Kier molecular flexibility index (Phi) is 7.02. The molecule has 0 aliphatic rings. The van der Waals surface area contributed by atoms with Gasteiger partial charge in [0.15, 0.2) is 0 Å². The van der Waals surface area contributed by atoms with E-state index in [1.54, 1.807) is 24.3 Å². The third kappa shape index (κ3) is 5.61. The number of hydrogen-bond acceptors (Lipinski definition) is 2. The van der Waals surface area contributed by atoms with E-state index >= 15 is 0 Å². The summed E-state index contributed by atoms with van der Waals surface area (Å²) in [5.74, 6) is -0.365. The standard InChI is InChI=1S/C20H23ClN2O2/c1-3-18(15-10-8-14(2)9-11-15)23-19(24)12-13-22-20(25)16-6-4-5-7-17(16)21/h4-11,18H,3,12-13H2,1-2H3,(H,22,25)(H,23,24)/t18-/m0/s1. The van der Waals surface area contributed by atoms with Crippen LogP contribution in [0.4, 0.5) is 0 Å². The van der Waals surface area contributed by atoms with Crippen molar-refractivity contribution in [2.24, 2.45) is 0 Å². The summed E-state index contributed by atoms with van der Waals surface area (Å²) in [7, 11) is 0. The van der Waals surface area contributed by atoms with E-state index in [1.165, 1.54) is 5.56 Å². The predicted molar refractivity (Wildman–Crippen MR) is 101 cm³/mol. The second-order valence-electron chi connectivity index (χ2n) is 5.92. The highest BCUT2D eigenvalue weighted by atomic mass is 35.5. The van der Waals surface area contributed by atoms with Crippen molar-refractivity contribution in [3.05, 3.63) is 70.2 Å². The molecule has 0 aliphatic carbocycles. The monoisotopic (exact) mass is 358 g/mol. The van der Waals surface area contributed by atoms with E-state index < -0.39 is 0 Å². The summed E-state index contributed by atoms with van der Waals surface area (Å²) in [6.07, 6.45) is 1.03. The molecule has 2 aromatic carbocycles. The lowest BCUT2D eigenvalue weighted by molar-refractivity contribution is -0.121. The van der Waals surface area contributed by atoms with Gasteiger partial charge in [0.05, 0.1) is 16.6 Å². The van der Waals surface area contributed by atoms with Gasteiger partial charge in [-0.3, -0.25) is 9.59 Å². The summed E-state index contributed by atoms with van der Waals surface area (Å²) in [6.45, 7) is 4.33. The molecule has 0 fully saturated rings. The highest BCUT2D eigenvalue weighted by Gasteiger charge is 2.13. The number of nitrogens with one attached hydrogen (secondary N) is 2. The molecular weight excluding hydrogens is 336 g/mol. The number of benzene rings is 2. The van der Waals surface area contributed by atoms with Crippen molar-refractivity contribution in [3.8, 4) is 0 Å². The predicted octanol–water partition coefficient (Wildman–Crippen LogP) is 4.04. The van der Waals surface area contributed by atoms with Crippen LogP contribution < -0.4 is 10.6 Å². The zero-order chi connectivity index (χ0) is 18.2. The first-order chi connectivity index (χ1) is 12.0. The van der Waals surface area contributed by atoms with Gasteiger partial charge in [-0.2, -0.15) is 0 Å². The molecule has 4 nitrogen and oxygen atoms in total. The zero-order valence-electron chi connectivity index (χ0n) is 14.5. The quantitative estimate of drug-likeness (QED) is 0.784. The molecule has 132 valence electrons. The number of halogens is 1. The van der Waals surface area contributed by atoms with Gasteiger partial charge in [0.25, 0.3) is 5.91 Å². The summed E-state index contributed by atoms with van der Waals surface area (Å²) < 4.78 is 0. The SMILES string of the molecule is CC[C@H](NC(=O)CCNC(=O)c1ccccc1Cl)c1ccc(C)cc1. The average molecular weight is 359 g/mol. The van der Waals surface area contributed by atoms with Gasteiger partial charge in [-0.1, -0.05) is 60.5 Å². The maximum absolute atomic E-state index is 12.1. The molecule has 2 N–H and O–H groups in total. The maximum Gasteiger partial charge on any atom is 0.252 e. The molecule has 2 amide bonds.